The minimum absolute atomic E-state index is 0.0492. The minimum atomic E-state index is -0.0492. The van der Waals surface area contributed by atoms with E-state index in [1.807, 2.05) is 30.2 Å². The molecule has 0 amide bonds. The van der Waals surface area contributed by atoms with Crippen LogP contribution in [0.4, 0.5) is 5.82 Å². The van der Waals surface area contributed by atoms with Crippen LogP contribution in [0.25, 0.3) is 11.3 Å². The fourth-order valence-corrected chi connectivity index (χ4v) is 3.50. The number of nitrogens with zero attached hydrogens (tertiary/aromatic N) is 3. The predicted molar refractivity (Wildman–Crippen MR) is 101 cm³/mol. The zero-order valence-corrected chi connectivity index (χ0v) is 15.3. The van der Waals surface area contributed by atoms with Crippen molar-refractivity contribution in [3.63, 3.8) is 0 Å². The highest BCUT2D eigenvalue weighted by atomic mass is 16.3. The highest BCUT2D eigenvalue weighted by molar-refractivity contribution is 5.65. The monoisotopic (exact) mass is 341 g/mol. The molecule has 1 N–H and O–H groups in total. The lowest BCUT2D eigenvalue weighted by atomic mass is 9.95. The third-order valence-corrected chi connectivity index (χ3v) is 5.00. The predicted octanol–water partition coefficient (Wildman–Crippen LogP) is 2.87. The summed E-state index contributed by atoms with van der Waals surface area (Å²) in [5, 5.41) is 9.40. The molecule has 0 spiro atoms. The molecule has 134 valence electrons. The van der Waals surface area contributed by atoms with E-state index in [1.165, 1.54) is 5.56 Å². The molecule has 0 saturated carbocycles. The molecule has 0 unspecified atom stereocenters. The zero-order chi connectivity index (χ0) is 18.0. The van der Waals surface area contributed by atoms with Gasteiger partial charge in [-0.15, -0.1) is 0 Å². The molecule has 1 saturated heterocycles. The first-order chi connectivity index (χ1) is 12.0. The van der Waals surface area contributed by atoms with Crippen molar-refractivity contribution in [1.82, 2.24) is 9.55 Å². The van der Waals surface area contributed by atoms with Gasteiger partial charge in [0.15, 0.2) is 5.82 Å². The molecule has 0 bridgehead atoms. The number of hydrogen-bond acceptors (Lipinski definition) is 4. The van der Waals surface area contributed by atoms with Crippen molar-refractivity contribution in [3.05, 3.63) is 46.4 Å². The van der Waals surface area contributed by atoms with Crippen LogP contribution in [-0.2, 0) is 6.54 Å². The van der Waals surface area contributed by atoms with Crippen LogP contribution in [0.3, 0.4) is 0 Å². The summed E-state index contributed by atoms with van der Waals surface area (Å²) in [6, 6.07) is 8.26. The molecule has 5 nitrogen and oxygen atoms in total. The normalized spacial score (nSPS) is 17.5. The largest absolute Gasteiger partial charge is 0.396 e. The van der Waals surface area contributed by atoms with E-state index in [2.05, 4.69) is 26.0 Å². The van der Waals surface area contributed by atoms with Gasteiger partial charge in [0.2, 0.25) is 0 Å². The first kappa shape index (κ1) is 17.7. The SMILES string of the molecule is CCn1cc(-c2ccccc2C(C)C)nc(N2CC[C@@H](CO)C2)c1=O. The molecule has 0 aliphatic carbocycles. The van der Waals surface area contributed by atoms with Crippen LogP contribution < -0.4 is 10.5 Å². The second-order valence-corrected chi connectivity index (χ2v) is 7.07. The van der Waals surface area contributed by atoms with Crippen LogP contribution in [0, 0.1) is 5.92 Å². The maximum Gasteiger partial charge on any atom is 0.293 e. The van der Waals surface area contributed by atoms with Crippen molar-refractivity contribution < 1.29 is 5.11 Å². The molecule has 2 heterocycles. The molecule has 1 aliphatic rings. The van der Waals surface area contributed by atoms with Crippen molar-refractivity contribution in [2.45, 2.75) is 39.7 Å². The summed E-state index contributed by atoms with van der Waals surface area (Å²) >= 11 is 0. The summed E-state index contributed by atoms with van der Waals surface area (Å²) in [6.45, 7) is 8.55. The Morgan fingerprint density at radius 3 is 2.72 bits per heavy atom. The Bertz CT molecular complexity index is 798. The maximum atomic E-state index is 12.8. The van der Waals surface area contributed by atoms with Crippen molar-refractivity contribution in [3.8, 4) is 11.3 Å². The van der Waals surface area contributed by atoms with Crippen LogP contribution >= 0.6 is 0 Å². The van der Waals surface area contributed by atoms with Gasteiger partial charge in [-0.25, -0.2) is 4.98 Å². The van der Waals surface area contributed by atoms with Crippen molar-refractivity contribution in [2.75, 3.05) is 24.6 Å². The van der Waals surface area contributed by atoms with Crippen LogP contribution in [0.15, 0.2) is 35.3 Å². The summed E-state index contributed by atoms with van der Waals surface area (Å²) in [4.78, 5) is 19.6. The van der Waals surface area contributed by atoms with E-state index in [9.17, 15) is 9.90 Å². The maximum absolute atomic E-state index is 12.8. The molecule has 3 rings (SSSR count). The third-order valence-electron chi connectivity index (χ3n) is 5.00. The van der Waals surface area contributed by atoms with E-state index < -0.39 is 0 Å². The van der Waals surface area contributed by atoms with Gasteiger partial charge in [0.25, 0.3) is 5.56 Å². The number of anilines is 1. The molecular formula is C20H27N3O2. The summed E-state index contributed by atoms with van der Waals surface area (Å²) in [5.74, 6) is 1.12. The average molecular weight is 341 g/mol. The number of benzene rings is 1. The topological polar surface area (TPSA) is 58.4 Å². The Morgan fingerprint density at radius 2 is 2.08 bits per heavy atom. The van der Waals surface area contributed by atoms with E-state index >= 15 is 0 Å². The number of hydrogen-bond donors (Lipinski definition) is 1. The van der Waals surface area contributed by atoms with Gasteiger partial charge in [0.05, 0.1) is 5.69 Å². The third kappa shape index (κ3) is 3.47. The Balaban J connectivity index is 2.10. The number of aryl methyl sites for hydroxylation is 1. The second-order valence-electron chi connectivity index (χ2n) is 7.07. The number of aliphatic hydroxyl groups excluding tert-OH is 1. The van der Waals surface area contributed by atoms with Crippen molar-refractivity contribution in [1.29, 1.82) is 0 Å². The molecule has 1 fully saturated rings. The molecule has 1 aromatic carbocycles. The lowest BCUT2D eigenvalue weighted by Crippen LogP contribution is -2.32. The molecule has 0 radical (unpaired) electrons. The summed E-state index contributed by atoms with van der Waals surface area (Å²) in [7, 11) is 0. The first-order valence-corrected chi connectivity index (χ1v) is 9.11. The molecule has 1 aliphatic heterocycles. The quantitative estimate of drug-likeness (QED) is 0.908. The Morgan fingerprint density at radius 1 is 1.32 bits per heavy atom. The van der Waals surface area contributed by atoms with E-state index in [0.717, 1.165) is 24.2 Å². The van der Waals surface area contributed by atoms with Gasteiger partial charge >= 0.3 is 0 Å². The Labute approximate surface area is 148 Å². The van der Waals surface area contributed by atoms with Crippen LogP contribution in [0.2, 0.25) is 0 Å². The molecule has 5 heteroatoms. The molecule has 1 aromatic heterocycles. The first-order valence-electron chi connectivity index (χ1n) is 9.11. The minimum Gasteiger partial charge on any atom is -0.396 e. The van der Waals surface area contributed by atoms with Gasteiger partial charge in [0, 0.05) is 43.9 Å². The summed E-state index contributed by atoms with van der Waals surface area (Å²) < 4.78 is 1.74. The lowest BCUT2D eigenvalue weighted by molar-refractivity contribution is 0.238. The van der Waals surface area contributed by atoms with Crippen molar-refractivity contribution >= 4 is 5.82 Å². The fraction of sp³-hybridized carbons (Fsp3) is 0.500. The smallest absolute Gasteiger partial charge is 0.293 e. The lowest BCUT2D eigenvalue weighted by Gasteiger charge is -2.20. The van der Waals surface area contributed by atoms with E-state index in [1.54, 1.807) is 4.57 Å². The van der Waals surface area contributed by atoms with Gasteiger partial charge in [-0.05, 0) is 24.8 Å². The molecule has 25 heavy (non-hydrogen) atoms. The number of aliphatic hydroxyl groups is 1. The average Bonchev–Trinajstić information content (AvgIpc) is 3.11. The van der Waals surface area contributed by atoms with Gasteiger partial charge < -0.3 is 14.6 Å². The Kier molecular flexibility index (Phi) is 5.23. The summed E-state index contributed by atoms with van der Waals surface area (Å²) in [5.41, 5.74) is 3.11. The van der Waals surface area contributed by atoms with Gasteiger partial charge in [0.1, 0.15) is 0 Å². The highest BCUT2D eigenvalue weighted by Crippen LogP contribution is 2.29. The number of rotatable bonds is 5. The zero-order valence-electron chi connectivity index (χ0n) is 15.3. The van der Waals surface area contributed by atoms with Gasteiger partial charge in [-0.3, -0.25) is 4.79 Å². The van der Waals surface area contributed by atoms with Crippen molar-refractivity contribution in [2.24, 2.45) is 5.92 Å². The number of aromatic nitrogens is 2. The van der Waals surface area contributed by atoms with E-state index in [-0.39, 0.29) is 18.1 Å². The van der Waals surface area contributed by atoms with Gasteiger partial charge in [-0.2, -0.15) is 0 Å². The molecular weight excluding hydrogens is 314 g/mol. The highest BCUT2D eigenvalue weighted by Gasteiger charge is 2.26. The molecule has 2 aromatic rings. The molecule has 1 atom stereocenters. The fourth-order valence-electron chi connectivity index (χ4n) is 3.50. The standard InChI is InChI=1S/C20H27N3O2/c1-4-22-12-18(17-8-6-5-7-16(17)14(2)3)21-19(20(22)25)23-10-9-15(11-23)13-24/h5-8,12,14-15,24H,4,9-11,13H2,1-3H3/t15-/m1/s1. The van der Waals surface area contributed by atoms with Crippen LogP contribution in [0.5, 0.6) is 0 Å². The second kappa shape index (κ2) is 7.40. The van der Waals surface area contributed by atoms with Crippen LogP contribution in [0.1, 0.15) is 38.7 Å². The summed E-state index contributed by atoms with van der Waals surface area (Å²) in [6.07, 6.45) is 2.77. The Hall–Kier alpha value is -2.14. The van der Waals surface area contributed by atoms with Gasteiger partial charge in [-0.1, -0.05) is 38.1 Å². The van der Waals surface area contributed by atoms with E-state index in [4.69, 9.17) is 4.98 Å². The van der Waals surface area contributed by atoms with E-state index in [0.29, 0.717) is 24.8 Å². The van der Waals surface area contributed by atoms with Crippen LogP contribution in [-0.4, -0.2) is 34.4 Å².